The van der Waals surface area contributed by atoms with Crippen LogP contribution in [0.5, 0.6) is 0 Å². The number of hydrazone groups is 1. The molecule has 46 heavy (non-hydrogen) atoms. The summed E-state index contributed by atoms with van der Waals surface area (Å²) in [4.78, 5) is 53.7. The first-order chi connectivity index (χ1) is 22.1. The highest BCUT2D eigenvalue weighted by Gasteiger charge is 2.39. The summed E-state index contributed by atoms with van der Waals surface area (Å²) in [5.41, 5.74) is 2.24. The lowest BCUT2D eigenvalue weighted by molar-refractivity contribution is -0.150. The molecule has 250 valence electrons. The van der Waals surface area contributed by atoms with Gasteiger partial charge in [0.1, 0.15) is 18.9 Å². The minimum atomic E-state index is -4.26. The van der Waals surface area contributed by atoms with Crippen molar-refractivity contribution in [2.45, 2.75) is 56.2 Å². The Morgan fingerprint density at radius 1 is 1.09 bits per heavy atom. The van der Waals surface area contributed by atoms with Crippen LogP contribution >= 0.6 is 0 Å². The van der Waals surface area contributed by atoms with Crippen molar-refractivity contribution in [2.24, 2.45) is 5.10 Å². The number of morpholine rings is 1. The lowest BCUT2D eigenvalue weighted by Gasteiger charge is -2.31. The van der Waals surface area contributed by atoms with E-state index in [2.05, 4.69) is 20.6 Å². The SMILES string of the molecule is CCOC(=O)CN(C(=O)C(CC(=O)NC[C@H]1CN(C=NNC(=O)OCC)CCO1)NS(=O)(=O)c1ccc2ccccc2c1)C1CC1. The molecule has 0 aromatic heterocycles. The normalized spacial score (nSPS) is 17.3. The minimum absolute atomic E-state index is 0.0671. The summed E-state index contributed by atoms with van der Waals surface area (Å²) in [6, 6.07) is 10.1. The molecule has 2 aromatic rings. The predicted octanol–water partition coefficient (Wildman–Crippen LogP) is 0.937. The molecule has 0 radical (unpaired) electrons. The first-order valence-corrected chi connectivity index (χ1v) is 16.6. The van der Waals surface area contributed by atoms with Gasteiger partial charge in [-0.05, 0) is 49.6 Å². The van der Waals surface area contributed by atoms with Crippen molar-refractivity contribution in [1.82, 2.24) is 25.3 Å². The van der Waals surface area contributed by atoms with Crippen molar-refractivity contribution in [3.8, 4) is 0 Å². The maximum atomic E-state index is 13.8. The Bertz CT molecular complexity index is 1530. The number of hydrogen-bond donors (Lipinski definition) is 3. The third-order valence-electron chi connectivity index (χ3n) is 7.24. The number of sulfonamides is 1. The van der Waals surface area contributed by atoms with Crippen molar-refractivity contribution in [2.75, 3.05) is 46.0 Å². The molecule has 3 amide bonds. The second-order valence-corrected chi connectivity index (χ2v) is 12.5. The van der Waals surface area contributed by atoms with Gasteiger partial charge in [-0.1, -0.05) is 30.3 Å². The second kappa shape index (κ2) is 16.3. The van der Waals surface area contributed by atoms with E-state index >= 15 is 0 Å². The number of nitrogens with zero attached hydrogens (tertiary/aromatic N) is 3. The molecule has 1 saturated heterocycles. The molecule has 2 fully saturated rings. The van der Waals surface area contributed by atoms with E-state index in [1.165, 1.54) is 23.4 Å². The molecular formula is C30H40N6O9S. The number of carbonyl (C=O) groups excluding carboxylic acids is 4. The molecule has 15 nitrogen and oxygen atoms in total. The zero-order valence-corrected chi connectivity index (χ0v) is 26.7. The number of esters is 1. The van der Waals surface area contributed by atoms with Crippen molar-refractivity contribution in [3.05, 3.63) is 42.5 Å². The molecule has 0 bridgehead atoms. The molecule has 1 aliphatic heterocycles. The summed E-state index contributed by atoms with van der Waals surface area (Å²) >= 11 is 0. The maximum absolute atomic E-state index is 13.8. The molecule has 2 aliphatic rings. The summed E-state index contributed by atoms with van der Waals surface area (Å²) in [5.74, 6) is -1.91. The number of fused-ring (bicyclic) bond motifs is 1. The van der Waals surface area contributed by atoms with Gasteiger partial charge < -0.3 is 29.3 Å². The van der Waals surface area contributed by atoms with Gasteiger partial charge in [0.15, 0.2) is 0 Å². The van der Waals surface area contributed by atoms with Crippen molar-refractivity contribution in [3.63, 3.8) is 0 Å². The molecule has 3 N–H and O–H groups in total. The molecule has 0 spiro atoms. The molecule has 1 aliphatic carbocycles. The monoisotopic (exact) mass is 660 g/mol. The Balaban J connectivity index is 1.44. The first kappa shape index (κ1) is 34.6. The highest BCUT2D eigenvalue weighted by Crippen LogP contribution is 2.28. The molecule has 1 unspecified atom stereocenters. The number of ether oxygens (including phenoxy) is 3. The fourth-order valence-electron chi connectivity index (χ4n) is 4.87. The Hall–Kier alpha value is -4.28. The van der Waals surface area contributed by atoms with E-state index in [-0.39, 0.29) is 37.2 Å². The van der Waals surface area contributed by atoms with Crippen LogP contribution in [0.4, 0.5) is 4.79 Å². The van der Waals surface area contributed by atoms with Crippen molar-refractivity contribution >= 4 is 51.0 Å². The van der Waals surface area contributed by atoms with Crippen LogP contribution in [-0.4, -0.2) is 113 Å². The fourth-order valence-corrected chi connectivity index (χ4v) is 6.09. The van der Waals surface area contributed by atoms with E-state index in [4.69, 9.17) is 14.2 Å². The number of amides is 3. The van der Waals surface area contributed by atoms with E-state index in [0.717, 1.165) is 5.39 Å². The number of hydrogen-bond acceptors (Lipinski definition) is 10. The van der Waals surface area contributed by atoms with Gasteiger partial charge in [-0.25, -0.2) is 18.6 Å². The zero-order valence-electron chi connectivity index (χ0n) is 25.8. The van der Waals surface area contributed by atoms with Gasteiger partial charge in [0.2, 0.25) is 21.8 Å². The van der Waals surface area contributed by atoms with Crippen LogP contribution in [-0.2, 0) is 38.6 Å². The summed E-state index contributed by atoms with van der Waals surface area (Å²) in [7, 11) is -4.26. The van der Waals surface area contributed by atoms with Crippen LogP contribution in [0.2, 0.25) is 0 Å². The molecular weight excluding hydrogens is 620 g/mol. The molecule has 4 rings (SSSR count). The molecule has 1 heterocycles. The first-order valence-electron chi connectivity index (χ1n) is 15.1. The Kier molecular flexibility index (Phi) is 12.3. The van der Waals surface area contributed by atoms with Gasteiger partial charge in [0.05, 0.1) is 37.2 Å². The summed E-state index contributed by atoms with van der Waals surface area (Å²) in [5, 5.41) is 8.09. The molecule has 2 aromatic carbocycles. The average molecular weight is 661 g/mol. The molecule has 1 saturated carbocycles. The average Bonchev–Trinajstić information content (AvgIpc) is 3.88. The quantitative estimate of drug-likeness (QED) is 0.108. The van der Waals surface area contributed by atoms with Crippen LogP contribution in [0, 0.1) is 0 Å². The van der Waals surface area contributed by atoms with Gasteiger partial charge in [-0.3, -0.25) is 14.4 Å². The Morgan fingerprint density at radius 3 is 2.54 bits per heavy atom. The third-order valence-corrected chi connectivity index (χ3v) is 8.71. The standard InChI is InChI=1S/C30H40N6O9S/c1-3-43-28(38)19-36(23-10-11-23)29(39)26(34-46(41,42)25-12-9-21-7-5-6-8-22(21)15-25)16-27(37)31-17-24-18-35(13-14-45-24)20-32-33-30(40)44-4-2/h5-9,12,15,20,23-24,26,34H,3-4,10-11,13-14,16-19H2,1-2H3,(H,31,37)(H,33,40)/t24-,26?/m0/s1. The topological polar surface area (TPSA) is 185 Å². The van der Waals surface area contributed by atoms with Crippen molar-refractivity contribution < 1.29 is 41.8 Å². The van der Waals surface area contributed by atoms with Gasteiger partial charge in [0.25, 0.3) is 0 Å². The number of nitrogens with one attached hydrogen (secondary N) is 3. The van der Waals surface area contributed by atoms with E-state index in [1.807, 2.05) is 12.1 Å². The summed E-state index contributed by atoms with van der Waals surface area (Å²) in [6.45, 7) is 4.56. The highest BCUT2D eigenvalue weighted by molar-refractivity contribution is 7.89. The number of rotatable bonds is 15. The third kappa shape index (κ3) is 10.1. The lowest BCUT2D eigenvalue weighted by Crippen LogP contribution is -2.53. The van der Waals surface area contributed by atoms with Gasteiger partial charge in [-0.15, -0.1) is 0 Å². The highest BCUT2D eigenvalue weighted by atomic mass is 32.2. The van der Waals surface area contributed by atoms with Gasteiger partial charge in [-0.2, -0.15) is 9.82 Å². The largest absolute Gasteiger partial charge is 0.465 e. The van der Waals surface area contributed by atoms with Crippen molar-refractivity contribution in [1.29, 1.82) is 0 Å². The lowest BCUT2D eigenvalue weighted by atomic mass is 10.1. The fraction of sp³-hybridized carbons (Fsp3) is 0.500. The van der Waals surface area contributed by atoms with Crippen LogP contribution < -0.4 is 15.5 Å². The molecule has 2 atom stereocenters. The smallest absolute Gasteiger partial charge is 0.427 e. The maximum Gasteiger partial charge on any atom is 0.427 e. The zero-order chi connectivity index (χ0) is 33.1. The van der Waals surface area contributed by atoms with E-state index in [0.29, 0.717) is 37.9 Å². The van der Waals surface area contributed by atoms with Crippen LogP contribution in [0.25, 0.3) is 10.8 Å². The van der Waals surface area contributed by atoms with Crippen LogP contribution in [0.15, 0.2) is 52.5 Å². The van der Waals surface area contributed by atoms with Crippen LogP contribution in [0.3, 0.4) is 0 Å². The summed E-state index contributed by atoms with van der Waals surface area (Å²) in [6.07, 6.45) is 1.09. The van der Waals surface area contributed by atoms with Crippen LogP contribution in [0.1, 0.15) is 33.1 Å². The number of benzene rings is 2. The number of carbonyl (C=O) groups is 4. The van der Waals surface area contributed by atoms with Gasteiger partial charge >= 0.3 is 12.1 Å². The Labute approximate surface area is 267 Å². The molecule has 16 heteroatoms. The van der Waals surface area contributed by atoms with Gasteiger partial charge in [0, 0.05) is 25.7 Å². The Morgan fingerprint density at radius 2 is 1.83 bits per heavy atom. The minimum Gasteiger partial charge on any atom is -0.465 e. The van der Waals surface area contributed by atoms with E-state index in [1.54, 1.807) is 36.9 Å². The predicted molar refractivity (Wildman–Crippen MR) is 167 cm³/mol. The van der Waals surface area contributed by atoms with E-state index in [9.17, 15) is 27.6 Å². The second-order valence-electron chi connectivity index (χ2n) is 10.8. The van der Waals surface area contributed by atoms with E-state index < -0.39 is 52.5 Å². The summed E-state index contributed by atoms with van der Waals surface area (Å²) < 4.78 is 45.0.